The minimum atomic E-state index is -0.406. The Morgan fingerprint density at radius 2 is 1.91 bits per heavy atom. The van der Waals surface area contributed by atoms with Crippen molar-refractivity contribution in [2.45, 2.75) is 17.5 Å². The molecule has 0 N–H and O–H groups in total. The Hall–Kier alpha value is -3.89. The molecule has 0 radical (unpaired) electrons. The Morgan fingerprint density at radius 1 is 1.12 bits per heavy atom. The Kier molecular flexibility index (Phi) is 6.15. The zero-order valence-corrected chi connectivity index (χ0v) is 19.0. The maximum absolute atomic E-state index is 11.4. The van der Waals surface area contributed by atoms with Crippen LogP contribution in [-0.2, 0) is 17.1 Å². The molecule has 1 aromatic heterocycles. The largest absolute Gasteiger partial charge is 0.497 e. The van der Waals surface area contributed by atoms with E-state index in [4.69, 9.17) is 14.2 Å². The van der Waals surface area contributed by atoms with Gasteiger partial charge in [-0.3, -0.25) is 14.7 Å². The summed E-state index contributed by atoms with van der Waals surface area (Å²) in [4.78, 5) is 11.0. The number of benzene rings is 3. The second kappa shape index (κ2) is 9.54. The van der Waals surface area contributed by atoms with Gasteiger partial charge in [0.1, 0.15) is 11.5 Å². The fraction of sp³-hybridized carbons (Fsp3) is 0.167. The molecule has 0 spiro atoms. The van der Waals surface area contributed by atoms with Gasteiger partial charge in [0.05, 0.1) is 18.6 Å². The zero-order chi connectivity index (χ0) is 23.5. The van der Waals surface area contributed by atoms with Crippen LogP contribution in [0.25, 0.3) is 17.1 Å². The third-order valence-electron chi connectivity index (χ3n) is 5.34. The van der Waals surface area contributed by atoms with E-state index in [0.717, 1.165) is 17.0 Å². The number of ether oxygens (including phenoxy) is 3. The van der Waals surface area contributed by atoms with Crippen molar-refractivity contribution in [1.82, 2.24) is 14.8 Å². The minimum Gasteiger partial charge on any atom is -0.497 e. The molecule has 0 fully saturated rings. The number of hydrogen-bond acceptors (Lipinski definition) is 8. The summed E-state index contributed by atoms with van der Waals surface area (Å²) >= 11 is 1.43. The molecule has 0 bridgehead atoms. The lowest BCUT2D eigenvalue weighted by molar-refractivity contribution is -0.385. The van der Waals surface area contributed by atoms with E-state index in [1.165, 1.54) is 17.8 Å². The molecule has 34 heavy (non-hydrogen) atoms. The minimum absolute atomic E-state index is 0.00467. The summed E-state index contributed by atoms with van der Waals surface area (Å²) in [6.07, 6.45) is 0. The molecule has 172 valence electrons. The highest BCUT2D eigenvalue weighted by Gasteiger charge is 2.23. The molecular weight excluding hydrogens is 456 g/mol. The quantitative estimate of drug-likeness (QED) is 0.208. The highest BCUT2D eigenvalue weighted by molar-refractivity contribution is 7.98. The van der Waals surface area contributed by atoms with Crippen molar-refractivity contribution in [3.05, 3.63) is 88.0 Å². The van der Waals surface area contributed by atoms with Crippen molar-refractivity contribution < 1.29 is 19.1 Å². The van der Waals surface area contributed by atoms with E-state index in [0.29, 0.717) is 33.6 Å². The molecule has 4 aromatic rings. The smallest absolute Gasteiger partial charge is 0.270 e. The van der Waals surface area contributed by atoms with Crippen molar-refractivity contribution in [2.24, 2.45) is 0 Å². The molecule has 0 saturated carbocycles. The van der Waals surface area contributed by atoms with Crippen LogP contribution >= 0.6 is 11.8 Å². The van der Waals surface area contributed by atoms with Gasteiger partial charge in [0, 0.05) is 40.3 Å². The van der Waals surface area contributed by atoms with Crippen molar-refractivity contribution >= 4 is 17.4 Å². The summed E-state index contributed by atoms with van der Waals surface area (Å²) in [6, 6.07) is 20.5. The normalized spacial score (nSPS) is 12.6. The molecule has 0 saturated heterocycles. The average molecular weight is 477 g/mol. The number of nitro groups is 1. The molecule has 9 nitrogen and oxygen atoms in total. The number of non-ortho nitro benzene ring substituents is 1. The van der Waals surface area contributed by atoms with Gasteiger partial charge in [-0.05, 0) is 24.3 Å². The van der Waals surface area contributed by atoms with Crippen LogP contribution in [0.5, 0.6) is 11.5 Å². The van der Waals surface area contributed by atoms with E-state index in [2.05, 4.69) is 10.2 Å². The first-order valence-electron chi connectivity index (χ1n) is 10.4. The summed E-state index contributed by atoms with van der Waals surface area (Å²) < 4.78 is 18.2. The van der Waals surface area contributed by atoms with Gasteiger partial charge in [0.15, 0.2) is 17.8 Å². The van der Waals surface area contributed by atoms with E-state index in [9.17, 15) is 10.1 Å². The molecule has 10 heteroatoms. The van der Waals surface area contributed by atoms with Gasteiger partial charge in [-0.25, -0.2) is 0 Å². The monoisotopic (exact) mass is 476 g/mol. The van der Waals surface area contributed by atoms with Crippen LogP contribution in [-0.4, -0.2) is 33.6 Å². The number of nitro benzene ring substituents is 1. The van der Waals surface area contributed by atoms with E-state index < -0.39 is 4.92 Å². The second-order valence-corrected chi connectivity index (χ2v) is 8.40. The highest BCUT2D eigenvalue weighted by atomic mass is 32.2. The van der Waals surface area contributed by atoms with Crippen molar-refractivity contribution in [2.75, 3.05) is 13.9 Å². The molecule has 0 amide bonds. The van der Waals surface area contributed by atoms with Crippen molar-refractivity contribution in [3.63, 3.8) is 0 Å². The fourth-order valence-corrected chi connectivity index (χ4v) is 4.66. The van der Waals surface area contributed by atoms with Gasteiger partial charge in [-0.2, -0.15) is 0 Å². The van der Waals surface area contributed by atoms with Crippen LogP contribution in [0.1, 0.15) is 11.1 Å². The number of hydrogen-bond donors (Lipinski definition) is 0. The van der Waals surface area contributed by atoms with E-state index in [1.54, 1.807) is 13.2 Å². The first-order valence-corrected chi connectivity index (χ1v) is 11.4. The SMILES string of the molecule is COc1ccc(-n2c(SCc3cc([N+](=O)[O-])cc4c3OCOC4)nnc2-c2ccccc2)cc1. The van der Waals surface area contributed by atoms with E-state index >= 15 is 0 Å². The van der Waals surface area contributed by atoms with Crippen LogP contribution in [0.15, 0.2) is 71.9 Å². The summed E-state index contributed by atoms with van der Waals surface area (Å²) in [7, 11) is 1.62. The zero-order valence-electron chi connectivity index (χ0n) is 18.2. The molecule has 0 atom stereocenters. The lowest BCUT2D eigenvalue weighted by Crippen LogP contribution is -2.13. The molecule has 2 heterocycles. The van der Waals surface area contributed by atoms with Crippen LogP contribution < -0.4 is 9.47 Å². The van der Waals surface area contributed by atoms with E-state index in [1.807, 2.05) is 59.2 Å². The highest BCUT2D eigenvalue weighted by Crippen LogP contribution is 2.37. The molecule has 0 aliphatic carbocycles. The summed E-state index contributed by atoms with van der Waals surface area (Å²) in [5.74, 6) is 2.48. The van der Waals surface area contributed by atoms with Crippen LogP contribution in [0.4, 0.5) is 5.69 Å². The van der Waals surface area contributed by atoms with Gasteiger partial charge in [-0.15, -0.1) is 10.2 Å². The third kappa shape index (κ3) is 4.33. The standard InChI is InChI=1S/C24H20N4O5S/c1-31-21-9-7-19(8-10-21)27-23(16-5-3-2-4-6-16)25-26-24(27)34-14-18-12-20(28(29)30)11-17-13-32-15-33-22(17)18/h2-12H,13-15H2,1H3. The number of fused-ring (bicyclic) bond motifs is 1. The van der Waals surface area contributed by atoms with Crippen LogP contribution in [0.2, 0.25) is 0 Å². The number of nitrogens with zero attached hydrogens (tertiary/aromatic N) is 4. The topological polar surface area (TPSA) is 102 Å². The number of thioether (sulfide) groups is 1. The van der Waals surface area contributed by atoms with Crippen LogP contribution in [0, 0.1) is 10.1 Å². The average Bonchev–Trinajstić information content (AvgIpc) is 3.31. The molecule has 5 rings (SSSR count). The summed E-state index contributed by atoms with van der Waals surface area (Å²) in [6.45, 7) is 0.386. The maximum Gasteiger partial charge on any atom is 0.270 e. The molecule has 1 aliphatic rings. The van der Waals surface area contributed by atoms with Gasteiger partial charge in [0.25, 0.3) is 5.69 Å². The van der Waals surface area contributed by atoms with Gasteiger partial charge < -0.3 is 14.2 Å². The maximum atomic E-state index is 11.4. The molecule has 3 aromatic carbocycles. The second-order valence-electron chi connectivity index (χ2n) is 7.46. The first kappa shape index (κ1) is 21.9. The number of rotatable bonds is 7. The summed E-state index contributed by atoms with van der Waals surface area (Å²) in [5.41, 5.74) is 3.18. The lowest BCUT2D eigenvalue weighted by atomic mass is 10.1. The predicted molar refractivity (Wildman–Crippen MR) is 126 cm³/mol. The predicted octanol–water partition coefficient (Wildman–Crippen LogP) is 5.01. The third-order valence-corrected chi connectivity index (χ3v) is 6.31. The van der Waals surface area contributed by atoms with Crippen molar-refractivity contribution in [1.29, 1.82) is 0 Å². The van der Waals surface area contributed by atoms with Gasteiger partial charge >= 0.3 is 0 Å². The Morgan fingerprint density at radius 3 is 2.65 bits per heavy atom. The number of methoxy groups -OCH3 is 1. The fourth-order valence-electron chi connectivity index (χ4n) is 3.74. The Labute approximate surface area is 199 Å². The molecular formula is C24H20N4O5S. The molecule has 0 unspecified atom stereocenters. The van der Waals surface area contributed by atoms with Crippen LogP contribution in [0.3, 0.4) is 0 Å². The van der Waals surface area contributed by atoms with Gasteiger partial charge in [-0.1, -0.05) is 42.1 Å². The van der Waals surface area contributed by atoms with Crippen molar-refractivity contribution in [3.8, 4) is 28.6 Å². The number of aromatic nitrogens is 3. The van der Waals surface area contributed by atoms with E-state index in [-0.39, 0.29) is 19.1 Å². The van der Waals surface area contributed by atoms with Gasteiger partial charge in [0.2, 0.25) is 0 Å². The summed E-state index contributed by atoms with van der Waals surface area (Å²) in [5, 5.41) is 21.0. The molecule has 1 aliphatic heterocycles. The Bertz CT molecular complexity index is 1330. The first-order chi connectivity index (χ1) is 16.6. The lowest BCUT2D eigenvalue weighted by Gasteiger charge is -2.20. The Balaban J connectivity index is 1.53.